The van der Waals surface area contributed by atoms with Gasteiger partial charge in [0, 0.05) is 12.1 Å². The van der Waals surface area contributed by atoms with Crippen LogP contribution in [-0.4, -0.2) is 35.2 Å². The van der Waals surface area contributed by atoms with Crippen LogP contribution in [0.3, 0.4) is 0 Å². The van der Waals surface area contributed by atoms with Crippen LogP contribution in [0.25, 0.3) is 0 Å². The molecule has 0 saturated carbocycles. The summed E-state index contributed by atoms with van der Waals surface area (Å²) < 4.78 is 0. The summed E-state index contributed by atoms with van der Waals surface area (Å²) in [4.78, 5) is 11.8. The summed E-state index contributed by atoms with van der Waals surface area (Å²) in [6.07, 6.45) is 1.99. The zero-order chi connectivity index (χ0) is 11.5. The van der Waals surface area contributed by atoms with Crippen molar-refractivity contribution in [3.8, 4) is 0 Å². The number of aliphatic hydroxyl groups is 1. The second kappa shape index (κ2) is 4.94. The van der Waals surface area contributed by atoms with Gasteiger partial charge in [0.1, 0.15) is 0 Å². The van der Waals surface area contributed by atoms with Crippen molar-refractivity contribution in [3.63, 3.8) is 0 Å². The highest BCUT2D eigenvalue weighted by atomic mass is 16.3. The predicted octanol–water partition coefficient (Wildman–Crippen LogP) is 0.404. The van der Waals surface area contributed by atoms with Gasteiger partial charge in [0.15, 0.2) is 0 Å². The maximum Gasteiger partial charge on any atom is 0.237 e. The fourth-order valence-corrected chi connectivity index (χ4v) is 1.73. The van der Waals surface area contributed by atoms with Crippen LogP contribution in [0.15, 0.2) is 0 Å². The minimum atomic E-state index is -0.379. The van der Waals surface area contributed by atoms with Gasteiger partial charge in [-0.2, -0.15) is 0 Å². The fraction of sp³-hybridized carbons (Fsp3) is 0.909. The van der Waals surface area contributed by atoms with Crippen molar-refractivity contribution in [3.05, 3.63) is 0 Å². The average Bonchev–Trinajstić information content (AvgIpc) is 2.65. The Morgan fingerprint density at radius 1 is 1.53 bits per heavy atom. The summed E-state index contributed by atoms with van der Waals surface area (Å²) in [6.45, 7) is 6.71. The predicted molar refractivity (Wildman–Crippen MR) is 59.5 cm³/mol. The molecule has 1 amide bonds. The molecular weight excluding hydrogens is 192 g/mol. The molecule has 4 heteroatoms. The van der Waals surface area contributed by atoms with Crippen molar-refractivity contribution < 1.29 is 9.90 Å². The van der Waals surface area contributed by atoms with Crippen LogP contribution >= 0.6 is 0 Å². The molecule has 4 nitrogen and oxygen atoms in total. The molecule has 0 radical (unpaired) electrons. The third kappa shape index (κ3) is 3.18. The van der Waals surface area contributed by atoms with Gasteiger partial charge in [-0.15, -0.1) is 0 Å². The summed E-state index contributed by atoms with van der Waals surface area (Å²) in [5.74, 6) is 0.0118. The first-order chi connectivity index (χ1) is 7.00. The van der Waals surface area contributed by atoms with Gasteiger partial charge in [-0.05, 0) is 26.2 Å². The van der Waals surface area contributed by atoms with E-state index in [0.717, 1.165) is 12.8 Å². The second-order valence-corrected chi connectivity index (χ2v) is 4.61. The van der Waals surface area contributed by atoms with E-state index in [-0.39, 0.29) is 23.6 Å². The van der Waals surface area contributed by atoms with Gasteiger partial charge in [-0.3, -0.25) is 4.79 Å². The third-order valence-electron chi connectivity index (χ3n) is 3.41. The minimum Gasteiger partial charge on any atom is -0.392 e. The van der Waals surface area contributed by atoms with E-state index in [2.05, 4.69) is 31.4 Å². The summed E-state index contributed by atoms with van der Waals surface area (Å²) in [6, 6.07) is -0.225. The minimum absolute atomic E-state index is 0.0118. The highest BCUT2D eigenvalue weighted by Crippen LogP contribution is 2.15. The Balaban J connectivity index is 2.48. The largest absolute Gasteiger partial charge is 0.392 e. The highest BCUT2D eigenvalue weighted by molar-refractivity contribution is 5.82. The summed E-state index contributed by atoms with van der Waals surface area (Å²) in [5, 5.41) is 15.4. The maximum absolute atomic E-state index is 11.8. The van der Waals surface area contributed by atoms with Crippen molar-refractivity contribution in [2.45, 2.75) is 57.7 Å². The SMILES string of the molecule is CCC(C)(CC)NC(=O)C1CC(O)CN1. The number of nitrogens with one attached hydrogen (secondary N) is 2. The molecule has 1 rings (SSSR count). The van der Waals surface area contributed by atoms with E-state index in [9.17, 15) is 9.90 Å². The van der Waals surface area contributed by atoms with Crippen LogP contribution in [0.2, 0.25) is 0 Å². The molecule has 0 aromatic rings. The van der Waals surface area contributed by atoms with Gasteiger partial charge in [0.25, 0.3) is 0 Å². The van der Waals surface area contributed by atoms with E-state index in [0.29, 0.717) is 13.0 Å². The van der Waals surface area contributed by atoms with E-state index in [1.165, 1.54) is 0 Å². The summed E-state index contributed by atoms with van der Waals surface area (Å²) >= 11 is 0. The number of hydrogen-bond acceptors (Lipinski definition) is 3. The molecule has 1 saturated heterocycles. The average molecular weight is 214 g/mol. The molecule has 15 heavy (non-hydrogen) atoms. The maximum atomic E-state index is 11.8. The molecule has 0 aromatic carbocycles. The first-order valence-electron chi connectivity index (χ1n) is 5.74. The Morgan fingerprint density at radius 3 is 2.53 bits per heavy atom. The number of carbonyl (C=O) groups is 1. The molecule has 2 unspecified atom stereocenters. The smallest absolute Gasteiger partial charge is 0.237 e. The molecule has 0 spiro atoms. The van der Waals surface area contributed by atoms with Crippen LogP contribution in [0.5, 0.6) is 0 Å². The van der Waals surface area contributed by atoms with Crippen molar-refractivity contribution in [2.75, 3.05) is 6.54 Å². The molecule has 88 valence electrons. The topological polar surface area (TPSA) is 61.4 Å². The summed E-state index contributed by atoms with van der Waals surface area (Å²) in [7, 11) is 0. The Bertz CT molecular complexity index is 227. The molecule has 0 aromatic heterocycles. The lowest BCUT2D eigenvalue weighted by atomic mass is 9.95. The second-order valence-electron chi connectivity index (χ2n) is 4.61. The standard InChI is InChI=1S/C11H22N2O2/c1-4-11(3,5-2)13-10(15)9-6-8(14)7-12-9/h8-9,12,14H,4-7H2,1-3H3,(H,13,15). The zero-order valence-electron chi connectivity index (χ0n) is 9.84. The molecule has 1 aliphatic heterocycles. The van der Waals surface area contributed by atoms with Gasteiger partial charge >= 0.3 is 0 Å². The number of hydrogen-bond donors (Lipinski definition) is 3. The van der Waals surface area contributed by atoms with Crippen LogP contribution in [0.4, 0.5) is 0 Å². The van der Waals surface area contributed by atoms with E-state index in [4.69, 9.17) is 0 Å². The normalized spacial score (nSPS) is 26.7. The highest BCUT2D eigenvalue weighted by Gasteiger charge is 2.31. The number of amides is 1. The first-order valence-corrected chi connectivity index (χ1v) is 5.74. The number of β-amino-alcohol motifs (C(OH)–C–C–N with tert-alkyl or cyclic N) is 1. The van der Waals surface area contributed by atoms with Crippen LogP contribution in [0.1, 0.15) is 40.0 Å². The van der Waals surface area contributed by atoms with Gasteiger partial charge in [-0.25, -0.2) is 0 Å². The van der Waals surface area contributed by atoms with Crippen LogP contribution in [0, 0.1) is 0 Å². The van der Waals surface area contributed by atoms with E-state index < -0.39 is 0 Å². The Labute approximate surface area is 91.4 Å². The first kappa shape index (κ1) is 12.5. The lowest BCUT2D eigenvalue weighted by Gasteiger charge is -2.29. The van der Waals surface area contributed by atoms with Gasteiger partial charge in [-0.1, -0.05) is 13.8 Å². The zero-order valence-corrected chi connectivity index (χ0v) is 9.84. The van der Waals surface area contributed by atoms with Crippen molar-refractivity contribution in [2.24, 2.45) is 0 Å². The fourth-order valence-electron chi connectivity index (χ4n) is 1.73. The Hall–Kier alpha value is -0.610. The monoisotopic (exact) mass is 214 g/mol. The van der Waals surface area contributed by atoms with E-state index in [1.54, 1.807) is 0 Å². The van der Waals surface area contributed by atoms with Crippen molar-refractivity contribution >= 4 is 5.91 Å². The quantitative estimate of drug-likeness (QED) is 0.635. The molecule has 3 N–H and O–H groups in total. The van der Waals surface area contributed by atoms with Gasteiger partial charge in [0.05, 0.1) is 12.1 Å². The molecule has 1 heterocycles. The van der Waals surface area contributed by atoms with E-state index in [1.807, 2.05) is 0 Å². The number of rotatable bonds is 4. The molecule has 0 aliphatic carbocycles. The molecule has 1 fully saturated rings. The van der Waals surface area contributed by atoms with Crippen LogP contribution in [-0.2, 0) is 4.79 Å². The summed E-state index contributed by atoms with van der Waals surface area (Å²) in [5.41, 5.74) is -0.119. The van der Waals surface area contributed by atoms with Gasteiger partial charge in [0.2, 0.25) is 5.91 Å². The number of carbonyl (C=O) groups excluding carboxylic acids is 1. The number of aliphatic hydroxyl groups excluding tert-OH is 1. The molecule has 0 bridgehead atoms. The van der Waals surface area contributed by atoms with Gasteiger partial charge < -0.3 is 15.7 Å². The lowest BCUT2D eigenvalue weighted by molar-refractivity contribution is -0.124. The van der Waals surface area contributed by atoms with Crippen molar-refractivity contribution in [1.29, 1.82) is 0 Å². The molecule has 1 aliphatic rings. The lowest BCUT2D eigenvalue weighted by Crippen LogP contribution is -2.51. The van der Waals surface area contributed by atoms with E-state index >= 15 is 0 Å². The third-order valence-corrected chi connectivity index (χ3v) is 3.41. The molecular formula is C11H22N2O2. The Morgan fingerprint density at radius 2 is 2.13 bits per heavy atom. The Kier molecular flexibility index (Phi) is 4.11. The van der Waals surface area contributed by atoms with Crippen LogP contribution < -0.4 is 10.6 Å². The van der Waals surface area contributed by atoms with Crippen molar-refractivity contribution in [1.82, 2.24) is 10.6 Å². The molecule has 2 atom stereocenters.